The molecule has 0 saturated heterocycles. The summed E-state index contributed by atoms with van der Waals surface area (Å²) in [5.41, 5.74) is 1.80. The van der Waals surface area contributed by atoms with Crippen LogP contribution in [0.2, 0.25) is 0 Å². The average molecular weight is 336 g/mol. The Kier molecular flexibility index (Phi) is 4.56. The second kappa shape index (κ2) is 7.13. The highest BCUT2D eigenvalue weighted by Crippen LogP contribution is 2.15. The highest BCUT2D eigenvalue weighted by molar-refractivity contribution is 6.02. The van der Waals surface area contributed by atoms with Gasteiger partial charge in [-0.1, -0.05) is 18.2 Å². The van der Waals surface area contributed by atoms with Crippen molar-refractivity contribution < 1.29 is 9.72 Å². The molecule has 9 heteroatoms. The van der Waals surface area contributed by atoms with Gasteiger partial charge in [-0.05, 0) is 40.3 Å². The average Bonchev–Trinajstić information content (AvgIpc) is 3.15. The number of rotatable bonds is 5. The van der Waals surface area contributed by atoms with Crippen LogP contribution in [0, 0.1) is 10.1 Å². The SMILES string of the molecule is O=C(/C=C/c1cccc([N+](=O)[O-])c1)Nc1cccc(-n2cnnn2)c1. The maximum atomic E-state index is 12.0. The molecule has 0 saturated carbocycles. The molecule has 0 aliphatic carbocycles. The van der Waals surface area contributed by atoms with E-state index in [1.807, 2.05) is 0 Å². The molecule has 25 heavy (non-hydrogen) atoms. The fourth-order valence-corrected chi connectivity index (χ4v) is 2.10. The van der Waals surface area contributed by atoms with Crippen molar-refractivity contribution in [3.05, 3.63) is 76.6 Å². The van der Waals surface area contributed by atoms with Gasteiger partial charge in [0, 0.05) is 23.9 Å². The van der Waals surface area contributed by atoms with Gasteiger partial charge in [-0.15, -0.1) is 5.10 Å². The molecule has 0 bridgehead atoms. The minimum absolute atomic E-state index is 0.0308. The first kappa shape index (κ1) is 16.0. The Balaban J connectivity index is 1.69. The lowest BCUT2D eigenvalue weighted by molar-refractivity contribution is -0.384. The van der Waals surface area contributed by atoms with Gasteiger partial charge in [0.25, 0.3) is 5.69 Å². The van der Waals surface area contributed by atoms with E-state index >= 15 is 0 Å². The first-order valence-corrected chi connectivity index (χ1v) is 7.19. The second-order valence-electron chi connectivity index (χ2n) is 4.98. The Labute approximate surface area is 141 Å². The molecule has 0 atom stereocenters. The lowest BCUT2D eigenvalue weighted by atomic mass is 10.2. The summed E-state index contributed by atoms with van der Waals surface area (Å²) in [6.45, 7) is 0. The van der Waals surface area contributed by atoms with Crippen LogP contribution < -0.4 is 5.32 Å². The van der Waals surface area contributed by atoms with Crippen molar-refractivity contribution in [1.29, 1.82) is 0 Å². The molecule has 1 aromatic heterocycles. The van der Waals surface area contributed by atoms with E-state index in [2.05, 4.69) is 20.8 Å². The van der Waals surface area contributed by atoms with Crippen molar-refractivity contribution in [2.75, 3.05) is 5.32 Å². The molecule has 9 nitrogen and oxygen atoms in total. The Morgan fingerprint density at radius 2 is 2.04 bits per heavy atom. The van der Waals surface area contributed by atoms with Crippen molar-refractivity contribution in [1.82, 2.24) is 20.2 Å². The highest BCUT2D eigenvalue weighted by Gasteiger charge is 2.05. The van der Waals surface area contributed by atoms with Crippen LogP contribution in [0.5, 0.6) is 0 Å². The van der Waals surface area contributed by atoms with E-state index in [0.29, 0.717) is 16.9 Å². The molecule has 0 aliphatic heterocycles. The lowest BCUT2D eigenvalue weighted by Gasteiger charge is -2.05. The first-order chi connectivity index (χ1) is 12.1. The molecule has 1 amide bonds. The van der Waals surface area contributed by atoms with Gasteiger partial charge in [-0.2, -0.15) is 0 Å². The van der Waals surface area contributed by atoms with E-state index in [1.54, 1.807) is 36.4 Å². The van der Waals surface area contributed by atoms with Gasteiger partial charge in [-0.25, -0.2) is 4.68 Å². The Hall–Kier alpha value is -3.88. The standard InChI is InChI=1S/C16H12N6O3/c23-16(8-7-12-3-1-6-15(9-12)22(24)25)18-13-4-2-5-14(10-13)21-11-17-19-20-21/h1-11H,(H,18,23)/b8-7+. The molecule has 0 unspecified atom stereocenters. The number of benzene rings is 2. The Morgan fingerprint density at radius 3 is 2.80 bits per heavy atom. The summed E-state index contributed by atoms with van der Waals surface area (Å²) in [6.07, 6.45) is 4.26. The molecule has 0 radical (unpaired) electrons. The number of nitro groups is 1. The summed E-state index contributed by atoms with van der Waals surface area (Å²) in [7, 11) is 0. The van der Waals surface area contributed by atoms with E-state index < -0.39 is 4.92 Å². The fraction of sp³-hybridized carbons (Fsp3) is 0. The monoisotopic (exact) mass is 336 g/mol. The number of nitrogens with zero attached hydrogens (tertiary/aromatic N) is 5. The molecule has 3 aromatic rings. The number of aromatic nitrogens is 4. The summed E-state index contributed by atoms with van der Waals surface area (Å²) < 4.78 is 1.47. The van der Waals surface area contributed by atoms with Gasteiger partial charge in [0.15, 0.2) is 0 Å². The number of nitrogens with one attached hydrogen (secondary N) is 1. The van der Waals surface area contributed by atoms with Crippen LogP contribution in [0.25, 0.3) is 11.8 Å². The smallest absolute Gasteiger partial charge is 0.270 e. The van der Waals surface area contributed by atoms with Crippen molar-refractivity contribution in [2.45, 2.75) is 0 Å². The third-order valence-corrected chi connectivity index (χ3v) is 3.24. The van der Waals surface area contributed by atoms with Crippen LogP contribution in [0.1, 0.15) is 5.56 Å². The molecule has 0 spiro atoms. The zero-order valence-electron chi connectivity index (χ0n) is 12.8. The van der Waals surface area contributed by atoms with E-state index in [4.69, 9.17) is 0 Å². The summed E-state index contributed by atoms with van der Waals surface area (Å²) in [4.78, 5) is 22.3. The van der Waals surface area contributed by atoms with E-state index in [-0.39, 0.29) is 11.6 Å². The number of hydrogen-bond acceptors (Lipinski definition) is 6. The van der Waals surface area contributed by atoms with E-state index in [9.17, 15) is 14.9 Å². The minimum atomic E-state index is -0.484. The second-order valence-corrected chi connectivity index (χ2v) is 4.98. The normalized spacial score (nSPS) is 10.7. The molecule has 0 fully saturated rings. The highest BCUT2D eigenvalue weighted by atomic mass is 16.6. The van der Waals surface area contributed by atoms with Gasteiger partial charge in [0.2, 0.25) is 5.91 Å². The Bertz CT molecular complexity index is 937. The zero-order valence-corrected chi connectivity index (χ0v) is 12.8. The molecule has 3 rings (SSSR count). The maximum absolute atomic E-state index is 12.0. The number of anilines is 1. The van der Waals surface area contributed by atoms with Gasteiger partial charge in [-0.3, -0.25) is 14.9 Å². The van der Waals surface area contributed by atoms with Crippen LogP contribution >= 0.6 is 0 Å². The maximum Gasteiger partial charge on any atom is 0.270 e. The quantitative estimate of drug-likeness (QED) is 0.434. The molecule has 1 N–H and O–H groups in total. The van der Waals surface area contributed by atoms with Crippen molar-refractivity contribution in [3.8, 4) is 5.69 Å². The molecular weight excluding hydrogens is 324 g/mol. The Morgan fingerprint density at radius 1 is 1.20 bits per heavy atom. The number of hydrogen-bond donors (Lipinski definition) is 1. The molecule has 2 aromatic carbocycles. The topological polar surface area (TPSA) is 116 Å². The van der Waals surface area contributed by atoms with Crippen LogP contribution in [0.15, 0.2) is 60.9 Å². The number of tetrazole rings is 1. The summed E-state index contributed by atoms with van der Waals surface area (Å²) >= 11 is 0. The van der Waals surface area contributed by atoms with Crippen LogP contribution in [-0.4, -0.2) is 31.0 Å². The largest absolute Gasteiger partial charge is 0.322 e. The molecule has 124 valence electrons. The predicted octanol–water partition coefficient (Wildman–Crippen LogP) is 2.22. The number of amides is 1. The van der Waals surface area contributed by atoms with Gasteiger partial charge >= 0.3 is 0 Å². The summed E-state index contributed by atoms with van der Waals surface area (Å²) in [6, 6.07) is 13.0. The number of carbonyl (C=O) groups is 1. The van der Waals surface area contributed by atoms with Crippen LogP contribution in [0.4, 0.5) is 11.4 Å². The van der Waals surface area contributed by atoms with E-state index in [1.165, 1.54) is 35.3 Å². The summed E-state index contributed by atoms with van der Waals surface area (Å²) in [5.74, 6) is -0.361. The number of non-ortho nitro benzene ring substituents is 1. The molecule has 0 aliphatic rings. The fourth-order valence-electron chi connectivity index (χ4n) is 2.10. The van der Waals surface area contributed by atoms with Gasteiger partial charge in [0.1, 0.15) is 6.33 Å². The van der Waals surface area contributed by atoms with Crippen molar-refractivity contribution in [3.63, 3.8) is 0 Å². The predicted molar refractivity (Wildman–Crippen MR) is 89.9 cm³/mol. The number of carbonyl (C=O) groups excluding carboxylic acids is 1. The summed E-state index contributed by atoms with van der Waals surface area (Å²) in [5, 5.41) is 24.4. The third kappa shape index (κ3) is 4.10. The van der Waals surface area contributed by atoms with Crippen LogP contribution in [0.3, 0.4) is 0 Å². The van der Waals surface area contributed by atoms with Gasteiger partial charge < -0.3 is 5.32 Å². The first-order valence-electron chi connectivity index (χ1n) is 7.19. The molecular formula is C16H12N6O3. The number of nitro benzene ring substituents is 1. The van der Waals surface area contributed by atoms with Crippen molar-refractivity contribution in [2.24, 2.45) is 0 Å². The van der Waals surface area contributed by atoms with Gasteiger partial charge in [0.05, 0.1) is 10.6 Å². The zero-order chi connectivity index (χ0) is 17.6. The third-order valence-electron chi connectivity index (χ3n) is 3.24. The van der Waals surface area contributed by atoms with E-state index in [0.717, 1.165) is 0 Å². The minimum Gasteiger partial charge on any atom is -0.322 e. The van der Waals surface area contributed by atoms with Crippen LogP contribution in [-0.2, 0) is 4.79 Å². The van der Waals surface area contributed by atoms with Crippen molar-refractivity contribution >= 4 is 23.4 Å². The lowest BCUT2D eigenvalue weighted by Crippen LogP contribution is -2.08. The molecule has 1 heterocycles.